The van der Waals surface area contributed by atoms with E-state index >= 15 is 0 Å². The monoisotopic (exact) mass is 454 g/mol. The van der Waals surface area contributed by atoms with Crippen molar-refractivity contribution in [2.45, 2.75) is 106 Å². The SMILES string of the molecule is COC(=O)[C@]12CCC(C)(C)C[C@H]1C1=CC[C@@H]3[C@@]4(C)CCC(=O)[C@@H](C)[C@@H]4CC[C@@]3(C)[C@]1(C)CC2. The maximum atomic E-state index is 13.3. The highest BCUT2D eigenvalue weighted by Crippen LogP contribution is 2.74. The number of fused-ring (bicyclic) bond motifs is 7. The van der Waals surface area contributed by atoms with Gasteiger partial charge in [0.05, 0.1) is 12.5 Å². The summed E-state index contributed by atoms with van der Waals surface area (Å²) < 4.78 is 5.47. The third kappa shape index (κ3) is 2.92. The molecule has 0 aromatic carbocycles. The summed E-state index contributed by atoms with van der Waals surface area (Å²) in [6.45, 7) is 14.6. The molecule has 5 aliphatic rings. The number of carbonyl (C=O) groups excluding carboxylic acids is 2. The molecule has 0 aromatic rings. The van der Waals surface area contributed by atoms with E-state index in [4.69, 9.17) is 4.74 Å². The average Bonchev–Trinajstić information content (AvgIpc) is 2.76. The molecule has 0 aliphatic heterocycles. The van der Waals surface area contributed by atoms with Crippen LogP contribution in [0.15, 0.2) is 11.6 Å². The Kier molecular flexibility index (Phi) is 5.15. The van der Waals surface area contributed by atoms with Gasteiger partial charge in [-0.1, -0.05) is 53.2 Å². The van der Waals surface area contributed by atoms with Gasteiger partial charge in [0.1, 0.15) is 5.78 Å². The molecular formula is C30H46O3. The maximum Gasteiger partial charge on any atom is 0.312 e. The molecule has 0 spiro atoms. The van der Waals surface area contributed by atoms with Crippen molar-refractivity contribution < 1.29 is 14.3 Å². The van der Waals surface area contributed by atoms with Crippen LogP contribution in [0.1, 0.15) is 106 Å². The van der Waals surface area contributed by atoms with Crippen LogP contribution in [0.5, 0.6) is 0 Å². The molecule has 0 N–H and O–H groups in total. The lowest BCUT2D eigenvalue weighted by atomic mass is 9.34. The Labute approximate surface area is 201 Å². The summed E-state index contributed by atoms with van der Waals surface area (Å²) in [4.78, 5) is 25.9. The predicted octanol–water partition coefficient (Wildman–Crippen LogP) is 7.14. The van der Waals surface area contributed by atoms with Gasteiger partial charge in [-0.3, -0.25) is 9.59 Å². The minimum atomic E-state index is -0.328. The lowest BCUT2D eigenvalue weighted by molar-refractivity contribution is -0.182. The van der Waals surface area contributed by atoms with Crippen molar-refractivity contribution in [3.05, 3.63) is 11.6 Å². The standard InChI is InChI=1S/C30H46O3/c1-19-20-10-13-29(6)24(27(20,4)12-11-23(19)31)9-8-21-22-18-26(2,3)14-16-30(22,25(32)33-7)17-15-28(21,29)5/h8,19-20,22,24H,9-18H2,1-7H3/t19-,20-,22-,24+,27-,28+,29+,30-/m0/s1. The number of methoxy groups -OCH3 is 1. The van der Waals surface area contributed by atoms with Crippen molar-refractivity contribution in [3.63, 3.8) is 0 Å². The van der Waals surface area contributed by atoms with Crippen molar-refractivity contribution in [1.29, 1.82) is 0 Å². The number of hydrogen-bond acceptors (Lipinski definition) is 3. The van der Waals surface area contributed by atoms with Crippen LogP contribution in [-0.2, 0) is 14.3 Å². The number of Topliss-reactive ketones (excluding diaryl/α,β-unsaturated/α-hetero) is 1. The number of rotatable bonds is 1. The Hall–Kier alpha value is -1.12. The molecule has 4 saturated carbocycles. The van der Waals surface area contributed by atoms with E-state index in [1.165, 1.54) is 12.8 Å². The summed E-state index contributed by atoms with van der Waals surface area (Å²) in [5.74, 6) is 2.20. The lowest BCUT2D eigenvalue weighted by Gasteiger charge is -2.69. The summed E-state index contributed by atoms with van der Waals surface area (Å²) >= 11 is 0. The number of ketones is 1. The molecule has 4 fully saturated rings. The summed E-state index contributed by atoms with van der Waals surface area (Å²) in [5, 5.41) is 0. The van der Waals surface area contributed by atoms with E-state index in [-0.39, 0.29) is 39.0 Å². The molecule has 0 amide bonds. The topological polar surface area (TPSA) is 43.4 Å². The molecule has 0 heterocycles. The predicted molar refractivity (Wildman–Crippen MR) is 131 cm³/mol. The van der Waals surface area contributed by atoms with Crippen molar-refractivity contribution in [3.8, 4) is 0 Å². The second-order valence-corrected chi connectivity index (χ2v) is 14.2. The summed E-state index contributed by atoms with van der Waals surface area (Å²) in [5.41, 5.74) is 2.13. The fourth-order valence-corrected chi connectivity index (χ4v) is 10.2. The Morgan fingerprint density at radius 3 is 2.39 bits per heavy atom. The Balaban J connectivity index is 1.59. The highest BCUT2D eigenvalue weighted by molar-refractivity contribution is 5.82. The first-order valence-electron chi connectivity index (χ1n) is 13.7. The van der Waals surface area contributed by atoms with Gasteiger partial charge in [-0.05, 0) is 97.2 Å². The van der Waals surface area contributed by atoms with Gasteiger partial charge in [-0.25, -0.2) is 0 Å². The number of hydrogen-bond donors (Lipinski definition) is 0. The molecule has 8 atom stereocenters. The first-order chi connectivity index (χ1) is 15.3. The van der Waals surface area contributed by atoms with Crippen LogP contribution < -0.4 is 0 Å². The van der Waals surface area contributed by atoms with Gasteiger partial charge in [0.2, 0.25) is 0 Å². The Morgan fingerprint density at radius 1 is 1.00 bits per heavy atom. The van der Waals surface area contributed by atoms with E-state index in [9.17, 15) is 9.59 Å². The van der Waals surface area contributed by atoms with Crippen molar-refractivity contribution >= 4 is 11.8 Å². The number of allylic oxidation sites excluding steroid dienone is 2. The zero-order chi connectivity index (χ0) is 24.0. The van der Waals surface area contributed by atoms with Crippen LogP contribution in [0.3, 0.4) is 0 Å². The second-order valence-electron chi connectivity index (χ2n) is 14.2. The molecule has 0 radical (unpaired) electrons. The largest absolute Gasteiger partial charge is 0.469 e. The molecular weight excluding hydrogens is 408 g/mol. The second kappa shape index (κ2) is 7.20. The van der Waals surface area contributed by atoms with Crippen molar-refractivity contribution in [1.82, 2.24) is 0 Å². The first-order valence-corrected chi connectivity index (χ1v) is 13.7. The van der Waals surface area contributed by atoms with E-state index < -0.39 is 0 Å². The third-order valence-electron chi connectivity index (χ3n) is 12.6. The van der Waals surface area contributed by atoms with Crippen LogP contribution in [0, 0.1) is 50.7 Å². The number of esters is 1. The van der Waals surface area contributed by atoms with Gasteiger partial charge in [-0.2, -0.15) is 0 Å². The molecule has 0 bridgehead atoms. The fourth-order valence-electron chi connectivity index (χ4n) is 10.2. The van der Waals surface area contributed by atoms with E-state index in [0.29, 0.717) is 23.5 Å². The zero-order valence-electron chi connectivity index (χ0n) is 22.2. The highest BCUT2D eigenvalue weighted by Gasteiger charge is 2.68. The summed E-state index contributed by atoms with van der Waals surface area (Å²) in [7, 11) is 1.59. The minimum Gasteiger partial charge on any atom is -0.469 e. The van der Waals surface area contributed by atoms with Crippen LogP contribution in [0.25, 0.3) is 0 Å². The van der Waals surface area contributed by atoms with Crippen LogP contribution in [0.2, 0.25) is 0 Å². The molecule has 5 aliphatic carbocycles. The Bertz CT molecular complexity index is 900. The molecule has 0 aromatic heterocycles. The zero-order valence-corrected chi connectivity index (χ0v) is 22.2. The molecule has 3 heteroatoms. The van der Waals surface area contributed by atoms with Gasteiger partial charge in [-0.15, -0.1) is 0 Å². The molecule has 0 unspecified atom stereocenters. The van der Waals surface area contributed by atoms with Gasteiger partial charge < -0.3 is 4.74 Å². The summed E-state index contributed by atoms with van der Waals surface area (Å²) in [6.07, 6.45) is 13.1. The average molecular weight is 455 g/mol. The van der Waals surface area contributed by atoms with Crippen LogP contribution in [0.4, 0.5) is 0 Å². The Morgan fingerprint density at radius 2 is 1.70 bits per heavy atom. The quantitative estimate of drug-likeness (QED) is 0.312. The highest BCUT2D eigenvalue weighted by atomic mass is 16.5. The normalized spacial score (nSPS) is 50.8. The van der Waals surface area contributed by atoms with Gasteiger partial charge in [0, 0.05) is 12.3 Å². The molecule has 0 saturated heterocycles. The van der Waals surface area contributed by atoms with E-state index in [1.54, 1.807) is 12.7 Å². The number of carbonyl (C=O) groups is 2. The molecule has 33 heavy (non-hydrogen) atoms. The lowest BCUT2D eigenvalue weighted by Crippen LogP contribution is -2.63. The van der Waals surface area contributed by atoms with Crippen LogP contribution in [-0.4, -0.2) is 18.9 Å². The first kappa shape index (κ1) is 23.6. The van der Waals surface area contributed by atoms with Gasteiger partial charge >= 0.3 is 5.97 Å². The molecule has 3 nitrogen and oxygen atoms in total. The minimum absolute atomic E-state index is 0.0357. The third-order valence-corrected chi connectivity index (χ3v) is 12.6. The van der Waals surface area contributed by atoms with Crippen LogP contribution >= 0.6 is 0 Å². The van der Waals surface area contributed by atoms with Gasteiger partial charge in [0.25, 0.3) is 0 Å². The molecule has 5 rings (SSSR count). The smallest absolute Gasteiger partial charge is 0.312 e. The van der Waals surface area contributed by atoms with Crippen molar-refractivity contribution in [2.24, 2.45) is 50.7 Å². The maximum absolute atomic E-state index is 13.3. The molecule has 184 valence electrons. The van der Waals surface area contributed by atoms with E-state index in [2.05, 4.69) is 47.6 Å². The fraction of sp³-hybridized carbons (Fsp3) is 0.867. The van der Waals surface area contributed by atoms with Gasteiger partial charge in [0.15, 0.2) is 0 Å². The number of ether oxygens (including phenoxy) is 1. The van der Waals surface area contributed by atoms with E-state index in [0.717, 1.165) is 51.4 Å². The van der Waals surface area contributed by atoms with E-state index in [1.807, 2.05) is 0 Å². The summed E-state index contributed by atoms with van der Waals surface area (Å²) in [6, 6.07) is 0. The van der Waals surface area contributed by atoms with Crippen molar-refractivity contribution in [2.75, 3.05) is 7.11 Å².